The Morgan fingerprint density at radius 2 is 1.14 bits per heavy atom. The zero-order valence-corrected chi connectivity index (χ0v) is 28.6. The maximum atomic E-state index is 12.3. The highest BCUT2D eigenvalue weighted by Crippen LogP contribution is 2.42. The third-order valence-corrected chi connectivity index (χ3v) is 8.72. The Bertz CT molecular complexity index is 1410. The van der Waals surface area contributed by atoms with Crippen molar-refractivity contribution in [2.75, 3.05) is 0 Å². The molecule has 0 radical (unpaired) electrons. The molecular weight excluding hydrogens is 544 g/mol. The van der Waals surface area contributed by atoms with Gasteiger partial charge in [0.2, 0.25) is 0 Å². The summed E-state index contributed by atoms with van der Waals surface area (Å²) in [5.74, 6) is -0.296. The molecule has 0 saturated carbocycles. The van der Waals surface area contributed by atoms with E-state index in [4.69, 9.17) is 0 Å². The van der Waals surface area contributed by atoms with Gasteiger partial charge in [0.1, 0.15) is 12.2 Å². The largest absolute Gasteiger partial charge is 0.385 e. The fourth-order valence-corrected chi connectivity index (χ4v) is 5.98. The van der Waals surface area contributed by atoms with Gasteiger partial charge in [-0.2, -0.15) is 0 Å². The van der Waals surface area contributed by atoms with Crippen LogP contribution < -0.4 is 0 Å². The van der Waals surface area contributed by atoms with Gasteiger partial charge in [-0.05, 0) is 94.8 Å². The summed E-state index contributed by atoms with van der Waals surface area (Å²) in [7, 11) is 0. The maximum absolute atomic E-state index is 12.3. The number of allylic oxidation sites excluding steroid dienone is 18. The van der Waals surface area contributed by atoms with Crippen LogP contribution in [-0.4, -0.2) is 34.0 Å². The van der Waals surface area contributed by atoms with Gasteiger partial charge in [-0.15, -0.1) is 0 Å². The van der Waals surface area contributed by atoms with E-state index in [0.717, 1.165) is 40.7 Å². The Morgan fingerprint density at radius 1 is 0.682 bits per heavy atom. The normalized spacial score (nSPS) is 24.4. The van der Waals surface area contributed by atoms with E-state index in [1.165, 1.54) is 11.1 Å². The number of rotatable bonds is 11. The number of carbonyl (C=O) groups is 2. The van der Waals surface area contributed by atoms with Crippen LogP contribution in [0, 0.1) is 10.8 Å². The van der Waals surface area contributed by atoms with Gasteiger partial charge < -0.3 is 10.2 Å². The fourth-order valence-electron chi connectivity index (χ4n) is 5.98. The second kappa shape index (κ2) is 16.1. The molecule has 0 fully saturated rings. The average molecular weight is 599 g/mol. The molecule has 2 unspecified atom stereocenters. The third-order valence-electron chi connectivity index (χ3n) is 8.72. The van der Waals surface area contributed by atoms with Gasteiger partial charge >= 0.3 is 0 Å². The minimum absolute atomic E-state index is 0.124. The van der Waals surface area contributed by atoms with Crippen LogP contribution in [0.25, 0.3) is 0 Å². The summed E-state index contributed by atoms with van der Waals surface area (Å²) in [5.41, 5.74) is 7.74. The molecular formula is C40H54O4. The summed E-state index contributed by atoms with van der Waals surface area (Å²) in [6.07, 6.45) is 25.5. The van der Waals surface area contributed by atoms with E-state index in [1.807, 2.05) is 50.3 Å². The highest BCUT2D eigenvalue weighted by atomic mass is 16.3. The van der Waals surface area contributed by atoms with Crippen molar-refractivity contribution in [2.24, 2.45) is 10.8 Å². The van der Waals surface area contributed by atoms with Crippen molar-refractivity contribution in [3.63, 3.8) is 0 Å². The zero-order chi connectivity index (χ0) is 33.2. The summed E-state index contributed by atoms with van der Waals surface area (Å²) in [5, 5.41) is 20.1. The molecule has 2 rings (SSSR count). The highest BCUT2D eigenvalue weighted by molar-refractivity contribution is 6.01. The first-order valence-corrected chi connectivity index (χ1v) is 15.7. The molecule has 0 heterocycles. The molecule has 0 aromatic heterocycles. The van der Waals surface area contributed by atoms with E-state index in [9.17, 15) is 19.8 Å². The van der Waals surface area contributed by atoms with Gasteiger partial charge in [0, 0.05) is 0 Å². The second-order valence-corrected chi connectivity index (χ2v) is 13.8. The molecule has 238 valence electrons. The van der Waals surface area contributed by atoms with E-state index in [-0.39, 0.29) is 22.4 Å². The van der Waals surface area contributed by atoms with Gasteiger partial charge in [0.05, 0.1) is 0 Å². The summed E-state index contributed by atoms with van der Waals surface area (Å²) >= 11 is 0. The molecule has 0 bridgehead atoms. The van der Waals surface area contributed by atoms with Crippen LogP contribution in [0.4, 0.5) is 0 Å². The van der Waals surface area contributed by atoms with Gasteiger partial charge in [0.15, 0.2) is 11.6 Å². The Balaban J connectivity index is 1.90. The number of ketones is 2. The van der Waals surface area contributed by atoms with Crippen molar-refractivity contribution < 1.29 is 19.8 Å². The minimum atomic E-state index is -0.904. The molecule has 0 aromatic rings. The van der Waals surface area contributed by atoms with Crippen LogP contribution in [0.15, 0.2) is 117 Å². The van der Waals surface area contributed by atoms with Crippen molar-refractivity contribution in [1.82, 2.24) is 0 Å². The fraction of sp³-hybridized carbons (Fsp3) is 0.450. The number of Topliss-reactive ketones (excluding diaryl/α,β-unsaturated/α-hetero) is 2. The number of aliphatic hydroxyl groups excluding tert-OH is 2. The predicted molar refractivity (Wildman–Crippen MR) is 185 cm³/mol. The monoisotopic (exact) mass is 598 g/mol. The van der Waals surface area contributed by atoms with Gasteiger partial charge in [-0.3, -0.25) is 9.59 Å². The number of hydrogen-bond donors (Lipinski definition) is 2. The van der Waals surface area contributed by atoms with E-state index in [1.54, 1.807) is 6.92 Å². The van der Waals surface area contributed by atoms with Crippen LogP contribution in [-0.2, 0) is 9.59 Å². The lowest BCUT2D eigenvalue weighted by molar-refractivity contribution is -0.126. The van der Waals surface area contributed by atoms with Crippen LogP contribution in [0.2, 0.25) is 0 Å². The smallest absolute Gasteiger partial charge is 0.187 e. The van der Waals surface area contributed by atoms with E-state index >= 15 is 0 Å². The van der Waals surface area contributed by atoms with Gasteiger partial charge in [-0.25, -0.2) is 0 Å². The molecule has 0 aliphatic heterocycles. The Morgan fingerprint density at radius 3 is 1.70 bits per heavy atom. The van der Waals surface area contributed by atoms with Crippen molar-refractivity contribution in [3.8, 4) is 0 Å². The van der Waals surface area contributed by atoms with Crippen LogP contribution >= 0.6 is 0 Å². The lowest BCUT2D eigenvalue weighted by Gasteiger charge is -2.36. The van der Waals surface area contributed by atoms with Gasteiger partial charge in [0.25, 0.3) is 0 Å². The molecule has 0 saturated heterocycles. The SMILES string of the molecule is CC1=C(/C=C/C(C)=C/C=C/C(C)=C/C=C/C=C(C)/C=C/C=C(\C)CCC2=C(C)C(=O)C(O)CC2(C)C)C(C)(C)CC(O)C1=O. The van der Waals surface area contributed by atoms with E-state index in [0.29, 0.717) is 18.4 Å². The maximum Gasteiger partial charge on any atom is 0.187 e. The Hall–Kier alpha value is -3.34. The molecule has 0 amide bonds. The molecule has 2 N–H and O–H groups in total. The summed E-state index contributed by atoms with van der Waals surface area (Å²) in [6.45, 7) is 20.3. The predicted octanol–water partition coefficient (Wildman–Crippen LogP) is 9.13. The molecule has 0 spiro atoms. The first-order chi connectivity index (χ1) is 20.5. The van der Waals surface area contributed by atoms with Crippen molar-refractivity contribution >= 4 is 11.6 Å². The topological polar surface area (TPSA) is 74.6 Å². The van der Waals surface area contributed by atoms with Crippen LogP contribution in [0.5, 0.6) is 0 Å². The second-order valence-electron chi connectivity index (χ2n) is 13.8. The first kappa shape index (κ1) is 36.8. The minimum Gasteiger partial charge on any atom is -0.385 e. The quantitative estimate of drug-likeness (QED) is 0.233. The van der Waals surface area contributed by atoms with Gasteiger partial charge in [-0.1, -0.05) is 128 Å². The van der Waals surface area contributed by atoms with Crippen molar-refractivity contribution in [3.05, 3.63) is 117 Å². The summed E-state index contributed by atoms with van der Waals surface area (Å²) in [4.78, 5) is 24.5. The standard InChI is InChI=1S/C40H54O4/c1-27(17-13-19-29(3)21-23-33-31(5)37(43)35(41)25-39(33,7)8)15-11-12-16-28(2)18-14-20-30(4)22-24-34-32(6)38(44)36(42)26-40(34,9)10/h11-21,23,35-36,41-42H,22,24-26H2,1-10H3/b12-11+,17-13+,18-14+,23-21+,27-15+,28-16+,29-19+,30-20+. The first-order valence-electron chi connectivity index (χ1n) is 15.7. The average Bonchev–Trinajstić information content (AvgIpc) is 2.92. The molecule has 44 heavy (non-hydrogen) atoms. The summed E-state index contributed by atoms with van der Waals surface area (Å²) in [6, 6.07) is 0. The van der Waals surface area contributed by atoms with Crippen molar-refractivity contribution in [2.45, 2.75) is 107 Å². The molecule has 4 nitrogen and oxygen atoms in total. The molecule has 0 aromatic carbocycles. The lowest BCUT2D eigenvalue weighted by atomic mass is 9.69. The molecule has 4 heteroatoms. The number of carbonyl (C=O) groups excluding carboxylic acids is 2. The zero-order valence-electron chi connectivity index (χ0n) is 28.6. The molecule has 2 aliphatic carbocycles. The third kappa shape index (κ3) is 10.7. The number of aliphatic hydroxyl groups is 2. The Labute approximate surface area is 266 Å². The molecule has 2 aliphatic rings. The van der Waals surface area contributed by atoms with Crippen LogP contribution in [0.3, 0.4) is 0 Å². The highest BCUT2D eigenvalue weighted by Gasteiger charge is 2.38. The van der Waals surface area contributed by atoms with E-state index in [2.05, 4.69) is 84.9 Å². The summed E-state index contributed by atoms with van der Waals surface area (Å²) < 4.78 is 0. The number of hydrogen-bond acceptors (Lipinski definition) is 4. The van der Waals surface area contributed by atoms with Crippen LogP contribution in [0.1, 0.15) is 94.9 Å². The van der Waals surface area contributed by atoms with E-state index < -0.39 is 12.2 Å². The molecule has 2 atom stereocenters. The Kier molecular flexibility index (Phi) is 13.5. The van der Waals surface area contributed by atoms with Crippen molar-refractivity contribution in [1.29, 1.82) is 0 Å². The lowest BCUT2D eigenvalue weighted by Crippen LogP contribution is -2.36.